The molecule has 0 aromatic rings. The monoisotopic (exact) mass is 230 g/mol. The Morgan fingerprint density at radius 1 is 1.56 bits per heavy atom. The second-order valence-corrected chi connectivity index (χ2v) is 5.65. The molecule has 0 aromatic heterocycles. The van der Waals surface area contributed by atoms with E-state index in [1.807, 2.05) is 20.8 Å². The van der Waals surface area contributed by atoms with Gasteiger partial charge in [-0.25, -0.2) is 9.18 Å². The summed E-state index contributed by atoms with van der Waals surface area (Å²) in [5, 5.41) is 3.08. The molecule has 0 aromatic carbocycles. The second-order valence-electron chi connectivity index (χ2n) is 5.65. The Hall–Kier alpha value is -0.840. The summed E-state index contributed by atoms with van der Waals surface area (Å²) in [5.41, 5.74) is -1.78. The van der Waals surface area contributed by atoms with E-state index < -0.39 is 17.4 Å². The van der Waals surface area contributed by atoms with Gasteiger partial charge in [0.05, 0.1) is 12.6 Å². The van der Waals surface area contributed by atoms with Gasteiger partial charge in [-0.1, -0.05) is 0 Å². The Labute approximate surface area is 95.1 Å². The molecule has 4 nitrogen and oxygen atoms in total. The first-order valence-electron chi connectivity index (χ1n) is 5.70. The van der Waals surface area contributed by atoms with Gasteiger partial charge in [-0.15, -0.1) is 0 Å². The third-order valence-electron chi connectivity index (χ3n) is 3.06. The number of carbonyl (C=O) groups excluding carboxylic acids is 1. The SMILES string of the molecule is CC(C)(C)OC(=O)N1C[C@@H]2NCC[C@]2(F)C1. The predicted molar refractivity (Wildman–Crippen MR) is 58.1 cm³/mol. The van der Waals surface area contributed by atoms with Crippen LogP contribution in [0.2, 0.25) is 0 Å². The van der Waals surface area contributed by atoms with Crippen molar-refractivity contribution in [3.63, 3.8) is 0 Å². The van der Waals surface area contributed by atoms with Crippen LogP contribution in [0.1, 0.15) is 27.2 Å². The van der Waals surface area contributed by atoms with E-state index in [2.05, 4.69) is 5.32 Å². The summed E-state index contributed by atoms with van der Waals surface area (Å²) >= 11 is 0. The van der Waals surface area contributed by atoms with E-state index in [1.54, 1.807) is 0 Å². The van der Waals surface area contributed by atoms with Crippen molar-refractivity contribution in [3.8, 4) is 0 Å². The lowest BCUT2D eigenvalue weighted by atomic mass is 10.0. The zero-order valence-electron chi connectivity index (χ0n) is 10.0. The van der Waals surface area contributed by atoms with Crippen molar-refractivity contribution in [1.29, 1.82) is 0 Å². The largest absolute Gasteiger partial charge is 0.444 e. The number of nitrogens with zero attached hydrogens (tertiary/aromatic N) is 1. The van der Waals surface area contributed by atoms with E-state index in [-0.39, 0.29) is 12.6 Å². The van der Waals surface area contributed by atoms with E-state index in [0.717, 1.165) is 0 Å². The molecule has 0 saturated carbocycles. The number of ether oxygens (including phenoxy) is 1. The zero-order valence-corrected chi connectivity index (χ0v) is 10.0. The van der Waals surface area contributed by atoms with Crippen LogP contribution >= 0.6 is 0 Å². The Balaban J connectivity index is 1.97. The Bertz CT molecular complexity index is 303. The number of nitrogens with one attached hydrogen (secondary N) is 1. The van der Waals surface area contributed by atoms with Gasteiger partial charge in [-0.3, -0.25) is 0 Å². The van der Waals surface area contributed by atoms with Gasteiger partial charge in [0.2, 0.25) is 0 Å². The molecular formula is C11H19FN2O2. The Morgan fingerprint density at radius 3 is 2.81 bits per heavy atom. The normalized spacial score (nSPS) is 34.0. The summed E-state index contributed by atoms with van der Waals surface area (Å²) in [6, 6.07) is -0.222. The van der Waals surface area contributed by atoms with Gasteiger partial charge in [0, 0.05) is 6.54 Å². The fraction of sp³-hybridized carbons (Fsp3) is 0.909. The topological polar surface area (TPSA) is 41.6 Å². The minimum atomic E-state index is -1.25. The van der Waals surface area contributed by atoms with Gasteiger partial charge in [0.25, 0.3) is 0 Å². The highest BCUT2D eigenvalue weighted by Gasteiger charge is 2.52. The molecular weight excluding hydrogens is 211 g/mol. The van der Waals surface area contributed by atoms with E-state index >= 15 is 0 Å². The van der Waals surface area contributed by atoms with Crippen LogP contribution in [0.3, 0.4) is 0 Å². The minimum Gasteiger partial charge on any atom is -0.444 e. The molecule has 2 aliphatic heterocycles. The van der Waals surface area contributed by atoms with Crippen LogP contribution in [-0.2, 0) is 4.74 Å². The van der Waals surface area contributed by atoms with E-state index in [1.165, 1.54) is 4.90 Å². The molecule has 2 atom stereocenters. The van der Waals surface area contributed by atoms with Crippen molar-refractivity contribution in [2.45, 2.75) is 44.5 Å². The summed E-state index contributed by atoms with van der Waals surface area (Å²) in [6.07, 6.45) is 0.0671. The van der Waals surface area contributed by atoms with Crippen molar-refractivity contribution in [1.82, 2.24) is 10.2 Å². The summed E-state index contributed by atoms with van der Waals surface area (Å²) in [5.74, 6) is 0. The van der Waals surface area contributed by atoms with Crippen LogP contribution in [0, 0.1) is 0 Å². The predicted octanol–water partition coefficient (Wildman–Crippen LogP) is 1.31. The van der Waals surface area contributed by atoms with Crippen LogP contribution in [0.25, 0.3) is 0 Å². The van der Waals surface area contributed by atoms with Crippen molar-refractivity contribution in [2.24, 2.45) is 0 Å². The maximum Gasteiger partial charge on any atom is 0.410 e. The number of halogens is 1. The molecule has 2 heterocycles. The molecule has 0 aliphatic carbocycles. The number of hydrogen-bond donors (Lipinski definition) is 1. The number of fused-ring (bicyclic) bond motifs is 1. The third-order valence-corrected chi connectivity index (χ3v) is 3.06. The highest BCUT2D eigenvalue weighted by atomic mass is 19.1. The molecule has 1 N–H and O–H groups in total. The van der Waals surface area contributed by atoms with Crippen LogP contribution in [-0.4, -0.2) is 47.9 Å². The number of amides is 1. The first kappa shape index (κ1) is 11.6. The molecule has 92 valence electrons. The molecule has 0 bridgehead atoms. The number of alkyl halides is 1. The van der Waals surface area contributed by atoms with E-state index in [9.17, 15) is 9.18 Å². The van der Waals surface area contributed by atoms with Crippen LogP contribution < -0.4 is 5.32 Å². The molecule has 2 saturated heterocycles. The molecule has 2 rings (SSSR count). The van der Waals surface area contributed by atoms with E-state index in [4.69, 9.17) is 4.74 Å². The average Bonchev–Trinajstić information content (AvgIpc) is 2.55. The molecule has 1 amide bonds. The first-order valence-corrected chi connectivity index (χ1v) is 5.70. The molecule has 16 heavy (non-hydrogen) atoms. The molecule has 0 spiro atoms. The van der Waals surface area contributed by atoms with Crippen LogP contribution in [0.15, 0.2) is 0 Å². The molecule has 2 aliphatic rings. The number of hydrogen-bond acceptors (Lipinski definition) is 3. The Kier molecular flexibility index (Phi) is 2.61. The Morgan fingerprint density at radius 2 is 2.25 bits per heavy atom. The lowest BCUT2D eigenvalue weighted by Gasteiger charge is -2.25. The van der Waals surface area contributed by atoms with Gasteiger partial charge >= 0.3 is 6.09 Å². The van der Waals surface area contributed by atoms with Crippen molar-refractivity contribution in [3.05, 3.63) is 0 Å². The standard InChI is InChI=1S/C11H19FN2O2/c1-10(2,3)16-9(15)14-6-8-11(12,7-14)4-5-13-8/h8,13H,4-7H2,1-3H3/t8-,11-/m0/s1. The maximum absolute atomic E-state index is 14.2. The number of rotatable bonds is 0. The zero-order chi connectivity index (χ0) is 12.0. The van der Waals surface area contributed by atoms with Gasteiger partial charge < -0.3 is 15.0 Å². The molecule has 0 radical (unpaired) electrons. The molecule has 5 heteroatoms. The van der Waals surface area contributed by atoms with Gasteiger partial charge in [-0.05, 0) is 33.7 Å². The molecule has 2 fully saturated rings. The summed E-state index contributed by atoms with van der Waals surface area (Å²) < 4.78 is 19.5. The highest BCUT2D eigenvalue weighted by Crippen LogP contribution is 2.33. The smallest absolute Gasteiger partial charge is 0.410 e. The maximum atomic E-state index is 14.2. The fourth-order valence-electron chi connectivity index (χ4n) is 2.30. The van der Waals surface area contributed by atoms with Crippen molar-refractivity contribution in [2.75, 3.05) is 19.6 Å². The summed E-state index contributed by atoms with van der Waals surface area (Å²) in [4.78, 5) is 13.2. The van der Waals surface area contributed by atoms with Crippen molar-refractivity contribution >= 4 is 6.09 Å². The highest BCUT2D eigenvalue weighted by molar-refractivity contribution is 5.69. The van der Waals surface area contributed by atoms with Gasteiger partial charge in [0.1, 0.15) is 11.3 Å². The fourth-order valence-corrected chi connectivity index (χ4v) is 2.30. The van der Waals surface area contributed by atoms with Crippen LogP contribution in [0.5, 0.6) is 0 Å². The van der Waals surface area contributed by atoms with Gasteiger partial charge in [-0.2, -0.15) is 0 Å². The third kappa shape index (κ3) is 2.14. The number of likely N-dealkylation sites (tertiary alicyclic amines) is 1. The summed E-state index contributed by atoms with van der Waals surface area (Å²) in [6.45, 7) is 6.69. The lowest BCUT2D eigenvalue weighted by molar-refractivity contribution is 0.0256. The number of carbonyl (C=O) groups is 1. The average molecular weight is 230 g/mol. The minimum absolute atomic E-state index is 0.152. The lowest BCUT2D eigenvalue weighted by Crippen LogP contribution is -2.37. The van der Waals surface area contributed by atoms with Gasteiger partial charge in [0.15, 0.2) is 0 Å². The second kappa shape index (κ2) is 3.58. The molecule has 0 unspecified atom stereocenters. The first-order chi connectivity index (χ1) is 7.30. The van der Waals surface area contributed by atoms with E-state index in [0.29, 0.717) is 19.5 Å². The van der Waals surface area contributed by atoms with Crippen molar-refractivity contribution < 1.29 is 13.9 Å². The van der Waals surface area contributed by atoms with Crippen LogP contribution in [0.4, 0.5) is 9.18 Å². The summed E-state index contributed by atoms with van der Waals surface area (Å²) in [7, 11) is 0. The quantitative estimate of drug-likeness (QED) is 0.682.